The van der Waals surface area contributed by atoms with Crippen molar-refractivity contribution in [3.63, 3.8) is 0 Å². The fourth-order valence-corrected chi connectivity index (χ4v) is 2.12. The van der Waals surface area contributed by atoms with Crippen molar-refractivity contribution in [1.82, 2.24) is 0 Å². The molecule has 2 rings (SSSR count). The Balaban J connectivity index is 1.74. The fourth-order valence-electron chi connectivity index (χ4n) is 2.12. The summed E-state index contributed by atoms with van der Waals surface area (Å²) in [7, 11) is 0. The lowest BCUT2D eigenvalue weighted by molar-refractivity contribution is 0.0516. The Labute approximate surface area is 152 Å². The third-order valence-electron chi connectivity index (χ3n) is 3.35. The molecule has 0 aromatic heterocycles. The molecule has 6 heteroatoms. The first-order valence-electron chi connectivity index (χ1n) is 8.44. The molecule has 0 atom stereocenters. The van der Waals surface area contributed by atoms with Crippen LogP contribution in [0.1, 0.15) is 34.6 Å². The molecule has 0 unspecified atom stereocenters. The highest BCUT2D eigenvalue weighted by molar-refractivity contribution is 5.89. The van der Waals surface area contributed by atoms with Gasteiger partial charge in [-0.15, -0.1) is 0 Å². The highest BCUT2D eigenvalue weighted by atomic mass is 16.5. The summed E-state index contributed by atoms with van der Waals surface area (Å²) in [5.41, 5.74) is 0.967. The van der Waals surface area contributed by atoms with Gasteiger partial charge in [-0.05, 0) is 62.4 Å². The first-order valence-corrected chi connectivity index (χ1v) is 8.44. The zero-order valence-corrected chi connectivity index (χ0v) is 14.9. The average molecular weight is 358 g/mol. The van der Waals surface area contributed by atoms with E-state index in [-0.39, 0.29) is 11.9 Å². The van der Waals surface area contributed by atoms with Crippen LogP contribution >= 0.6 is 0 Å². The van der Waals surface area contributed by atoms with Crippen molar-refractivity contribution in [1.29, 1.82) is 0 Å². The molecule has 0 saturated heterocycles. The molecule has 2 aromatic carbocycles. The maximum Gasteiger partial charge on any atom is 0.338 e. The van der Waals surface area contributed by atoms with Crippen LogP contribution in [0, 0.1) is 0 Å². The highest BCUT2D eigenvalue weighted by Gasteiger charge is 2.07. The van der Waals surface area contributed by atoms with Crippen LogP contribution in [0.2, 0.25) is 0 Å². The first kappa shape index (κ1) is 19.3. The molecule has 0 aliphatic carbocycles. The van der Waals surface area contributed by atoms with Crippen LogP contribution in [0.3, 0.4) is 0 Å². The lowest BCUT2D eigenvalue weighted by Crippen LogP contribution is -2.10. The SMILES string of the molecule is CCOC(=O)c1ccc(OCCOc2ccc(C(=O)OCC)cc2)cc1. The number of esters is 2. The van der Waals surface area contributed by atoms with Gasteiger partial charge in [-0.3, -0.25) is 0 Å². The first-order chi connectivity index (χ1) is 12.6. The van der Waals surface area contributed by atoms with Crippen LogP contribution in [0.4, 0.5) is 0 Å². The van der Waals surface area contributed by atoms with Gasteiger partial charge < -0.3 is 18.9 Å². The van der Waals surface area contributed by atoms with Crippen LogP contribution in [0.5, 0.6) is 11.5 Å². The van der Waals surface area contributed by atoms with Gasteiger partial charge in [-0.2, -0.15) is 0 Å². The van der Waals surface area contributed by atoms with Crippen LogP contribution in [-0.4, -0.2) is 38.4 Å². The van der Waals surface area contributed by atoms with Crippen molar-refractivity contribution < 1.29 is 28.5 Å². The van der Waals surface area contributed by atoms with Gasteiger partial charge >= 0.3 is 11.9 Å². The molecule has 0 amide bonds. The van der Waals surface area contributed by atoms with Gasteiger partial charge in [0.25, 0.3) is 0 Å². The summed E-state index contributed by atoms with van der Waals surface area (Å²) in [6.45, 7) is 4.90. The molecular weight excluding hydrogens is 336 g/mol. The van der Waals surface area contributed by atoms with Crippen LogP contribution in [-0.2, 0) is 9.47 Å². The van der Waals surface area contributed by atoms with Crippen molar-refractivity contribution in [2.45, 2.75) is 13.8 Å². The molecule has 138 valence electrons. The van der Waals surface area contributed by atoms with Crippen LogP contribution < -0.4 is 9.47 Å². The Hall–Kier alpha value is -3.02. The zero-order chi connectivity index (χ0) is 18.8. The molecule has 0 bridgehead atoms. The second-order valence-electron chi connectivity index (χ2n) is 5.19. The Morgan fingerprint density at radius 2 is 1.00 bits per heavy atom. The molecule has 0 radical (unpaired) electrons. The molecule has 0 spiro atoms. The Kier molecular flexibility index (Phi) is 7.49. The number of hydrogen-bond acceptors (Lipinski definition) is 6. The van der Waals surface area contributed by atoms with E-state index in [9.17, 15) is 9.59 Å². The van der Waals surface area contributed by atoms with Crippen molar-refractivity contribution >= 4 is 11.9 Å². The lowest BCUT2D eigenvalue weighted by atomic mass is 10.2. The van der Waals surface area contributed by atoms with Crippen molar-refractivity contribution in [2.75, 3.05) is 26.4 Å². The third kappa shape index (κ3) is 5.81. The largest absolute Gasteiger partial charge is 0.490 e. The fraction of sp³-hybridized carbons (Fsp3) is 0.300. The van der Waals surface area contributed by atoms with Gasteiger partial charge in [0, 0.05) is 0 Å². The van der Waals surface area contributed by atoms with Crippen LogP contribution in [0.15, 0.2) is 48.5 Å². The number of carbonyl (C=O) groups is 2. The van der Waals surface area contributed by atoms with Crippen molar-refractivity contribution in [3.8, 4) is 11.5 Å². The van der Waals surface area contributed by atoms with E-state index in [4.69, 9.17) is 18.9 Å². The second kappa shape index (κ2) is 10.1. The van der Waals surface area contributed by atoms with Gasteiger partial charge in [-0.25, -0.2) is 9.59 Å². The molecule has 0 N–H and O–H groups in total. The van der Waals surface area contributed by atoms with Crippen LogP contribution in [0.25, 0.3) is 0 Å². The predicted octanol–water partition coefficient (Wildman–Crippen LogP) is 3.50. The van der Waals surface area contributed by atoms with E-state index in [1.165, 1.54) is 0 Å². The van der Waals surface area contributed by atoms with E-state index < -0.39 is 0 Å². The minimum Gasteiger partial charge on any atom is -0.490 e. The topological polar surface area (TPSA) is 71.1 Å². The minimum atomic E-state index is -0.353. The highest BCUT2D eigenvalue weighted by Crippen LogP contribution is 2.15. The summed E-state index contributed by atoms with van der Waals surface area (Å²) in [5.74, 6) is 0.570. The molecule has 26 heavy (non-hydrogen) atoms. The molecule has 0 fully saturated rings. The summed E-state index contributed by atoms with van der Waals surface area (Å²) in [6.07, 6.45) is 0. The maximum absolute atomic E-state index is 11.6. The molecule has 0 aliphatic heterocycles. The lowest BCUT2D eigenvalue weighted by Gasteiger charge is -2.09. The Bertz CT molecular complexity index is 643. The van der Waals surface area contributed by atoms with Gasteiger partial charge in [0.2, 0.25) is 0 Å². The maximum atomic E-state index is 11.6. The number of ether oxygens (including phenoxy) is 4. The number of rotatable bonds is 9. The summed E-state index contributed by atoms with van der Waals surface area (Å²) in [5, 5.41) is 0. The van der Waals surface area contributed by atoms with Gasteiger partial charge in [0.05, 0.1) is 24.3 Å². The summed E-state index contributed by atoms with van der Waals surface area (Å²) in [6, 6.07) is 13.5. The summed E-state index contributed by atoms with van der Waals surface area (Å²) >= 11 is 0. The minimum absolute atomic E-state index is 0.342. The van der Waals surface area contributed by atoms with E-state index in [0.29, 0.717) is 49.1 Å². The van der Waals surface area contributed by atoms with Gasteiger partial charge in [0.1, 0.15) is 24.7 Å². The third-order valence-corrected chi connectivity index (χ3v) is 3.35. The Morgan fingerprint density at radius 1 is 0.654 bits per heavy atom. The molecule has 6 nitrogen and oxygen atoms in total. The monoisotopic (exact) mass is 358 g/mol. The predicted molar refractivity (Wildman–Crippen MR) is 95.8 cm³/mol. The molecule has 0 heterocycles. The van der Waals surface area contributed by atoms with Gasteiger partial charge in [0.15, 0.2) is 0 Å². The van der Waals surface area contributed by atoms with E-state index >= 15 is 0 Å². The van der Waals surface area contributed by atoms with E-state index in [1.807, 2.05) is 0 Å². The second-order valence-corrected chi connectivity index (χ2v) is 5.19. The summed E-state index contributed by atoms with van der Waals surface area (Å²) < 4.78 is 21.0. The quantitative estimate of drug-likeness (QED) is 0.505. The van der Waals surface area contributed by atoms with E-state index in [0.717, 1.165) is 0 Å². The van der Waals surface area contributed by atoms with Crippen molar-refractivity contribution in [2.24, 2.45) is 0 Å². The summed E-state index contributed by atoms with van der Waals surface area (Å²) in [4.78, 5) is 23.1. The normalized spacial score (nSPS) is 10.1. The molecule has 0 saturated carbocycles. The smallest absolute Gasteiger partial charge is 0.338 e. The van der Waals surface area contributed by atoms with Gasteiger partial charge in [-0.1, -0.05) is 0 Å². The van der Waals surface area contributed by atoms with E-state index in [1.54, 1.807) is 62.4 Å². The number of hydrogen-bond donors (Lipinski definition) is 0. The number of carbonyl (C=O) groups excluding carboxylic acids is 2. The Morgan fingerprint density at radius 3 is 1.31 bits per heavy atom. The standard InChI is InChI=1S/C20H22O6/c1-3-23-19(21)15-5-9-17(10-6-15)25-13-14-26-18-11-7-16(8-12-18)20(22)24-4-2/h5-12H,3-4,13-14H2,1-2H3. The molecule has 0 aliphatic rings. The molecule has 2 aromatic rings. The van der Waals surface area contributed by atoms with E-state index in [2.05, 4.69) is 0 Å². The zero-order valence-electron chi connectivity index (χ0n) is 14.9. The molecular formula is C20H22O6. The average Bonchev–Trinajstić information content (AvgIpc) is 2.66. The number of benzene rings is 2. The van der Waals surface area contributed by atoms with Crippen molar-refractivity contribution in [3.05, 3.63) is 59.7 Å².